The Kier molecular flexibility index (Phi) is 4.36. The molecule has 0 unspecified atom stereocenters. The summed E-state index contributed by atoms with van der Waals surface area (Å²) in [7, 11) is 0. The number of rotatable bonds is 3. The molecule has 0 saturated heterocycles. The predicted molar refractivity (Wildman–Crippen MR) is 57.8 cm³/mol. The molecule has 0 aliphatic heterocycles. The van der Waals surface area contributed by atoms with E-state index in [4.69, 9.17) is 0 Å². The minimum absolute atomic E-state index is 0.109. The molecular weight excluding hydrogens is 176 g/mol. The average molecular weight is 196 g/mol. The molecule has 0 fully saturated rings. The van der Waals surface area contributed by atoms with Gasteiger partial charge in [0.2, 0.25) is 0 Å². The lowest BCUT2D eigenvalue weighted by Gasteiger charge is -2.35. The van der Waals surface area contributed by atoms with Crippen LogP contribution in [0.2, 0.25) is 0 Å². The van der Waals surface area contributed by atoms with Crippen molar-refractivity contribution in [2.24, 2.45) is 23.7 Å². The van der Waals surface area contributed by atoms with Gasteiger partial charge in [0, 0.05) is 19.1 Å². The highest BCUT2D eigenvalue weighted by molar-refractivity contribution is 5.09. The van der Waals surface area contributed by atoms with E-state index in [0.29, 0.717) is 11.8 Å². The third-order valence-electron chi connectivity index (χ3n) is 3.15. The predicted octanol–water partition coefficient (Wildman–Crippen LogP) is 1.60. The van der Waals surface area contributed by atoms with Gasteiger partial charge in [0.1, 0.15) is 0 Å². The Morgan fingerprint density at radius 1 is 1.21 bits per heavy atom. The lowest BCUT2D eigenvalue weighted by Crippen LogP contribution is -2.33. The van der Waals surface area contributed by atoms with Crippen molar-refractivity contribution >= 4 is 0 Å². The van der Waals surface area contributed by atoms with E-state index < -0.39 is 0 Å². The molecular formula is C12H20O2. The van der Waals surface area contributed by atoms with Crippen LogP contribution < -0.4 is 0 Å². The van der Waals surface area contributed by atoms with Crippen LogP contribution in [0.15, 0.2) is 24.3 Å². The number of hydrogen-bond acceptors (Lipinski definition) is 2. The number of aliphatic hydroxyl groups excluding tert-OH is 2. The Morgan fingerprint density at radius 2 is 1.93 bits per heavy atom. The van der Waals surface area contributed by atoms with Crippen molar-refractivity contribution in [1.29, 1.82) is 0 Å². The zero-order chi connectivity index (χ0) is 10.6. The molecule has 2 heteroatoms. The van der Waals surface area contributed by atoms with Gasteiger partial charge in [-0.15, -0.1) is 0 Å². The maximum Gasteiger partial charge on any atom is 0.0497 e. The summed E-state index contributed by atoms with van der Waals surface area (Å²) in [6.45, 7) is 4.42. The monoisotopic (exact) mass is 196 g/mol. The molecule has 0 radical (unpaired) electrons. The van der Waals surface area contributed by atoms with Crippen molar-refractivity contribution in [3.8, 4) is 0 Å². The van der Waals surface area contributed by atoms with Crippen LogP contribution in [0.3, 0.4) is 0 Å². The second-order valence-electron chi connectivity index (χ2n) is 4.04. The Labute approximate surface area is 86.0 Å². The summed E-state index contributed by atoms with van der Waals surface area (Å²) in [5.74, 6) is 1.08. The molecule has 0 amide bonds. The van der Waals surface area contributed by atoms with Gasteiger partial charge in [-0.2, -0.15) is 0 Å². The fraction of sp³-hybridized carbons (Fsp3) is 0.667. The first kappa shape index (κ1) is 11.5. The lowest BCUT2D eigenvalue weighted by molar-refractivity contribution is 0.0973. The van der Waals surface area contributed by atoms with Crippen LogP contribution in [0.1, 0.15) is 13.8 Å². The lowest BCUT2D eigenvalue weighted by atomic mass is 9.71. The van der Waals surface area contributed by atoms with Gasteiger partial charge in [0.25, 0.3) is 0 Å². The maximum absolute atomic E-state index is 9.33. The topological polar surface area (TPSA) is 40.5 Å². The zero-order valence-electron chi connectivity index (χ0n) is 8.93. The quantitative estimate of drug-likeness (QED) is 0.673. The normalized spacial score (nSPS) is 38.0. The first-order valence-electron chi connectivity index (χ1n) is 5.27. The van der Waals surface area contributed by atoms with E-state index in [2.05, 4.69) is 19.1 Å². The third kappa shape index (κ3) is 2.25. The van der Waals surface area contributed by atoms with Gasteiger partial charge in [-0.1, -0.05) is 31.2 Å². The average Bonchev–Trinajstić information content (AvgIpc) is 2.21. The molecule has 0 spiro atoms. The van der Waals surface area contributed by atoms with Crippen LogP contribution in [-0.4, -0.2) is 23.4 Å². The molecule has 0 aromatic carbocycles. The van der Waals surface area contributed by atoms with Crippen LogP contribution in [0.4, 0.5) is 0 Å². The van der Waals surface area contributed by atoms with Crippen molar-refractivity contribution in [2.75, 3.05) is 13.2 Å². The molecule has 2 nitrogen and oxygen atoms in total. The summed E-state index contributed by atoms with van der Waals surface area (Å²) in [5, 5.41) is 18.5. The third-order valence-corrected chi connectivity index (χ3v) is 3.15. The van der Waals surface area contributed by atoms with Gasteiger partial charge in [0.15, 0.2) is 0 Å². The first-order valence-corrected chi connectivity index (χ1v) is 5.27. The molecule has 80 valence electrons. The van der Waals surface area contributed by atoms with Gasteiger partial charge in [-0.05, 0) is 24.7 Å². The molecule has 0 bridgehead atoms. The van der Waals surface area contributed by atoms with E-state index in [1.807, 2.05) is 19.1 Å². The summed E-state index contributed by atoms with van der Waals surface area (Å²) in [4.78, 5) is 0. The van der Waals surface area contributed by atoms with Gasteiger partial charge >= 0.3 is 0 Å². The van der Waals surface area contributed by atoms with Crippen molar-refractivity contribution in [3.63, 3.8) is 0 Å². The molecule has 1 aliphatic carbocycles. The van der Waals surface area contributed by atoms with E-state index in [1.54, 1.807) is 0 Å². The van der Waals surface area contributed by atoms with Crippen molar-refractivity contribution in [1.82, 2.24) is 0 Å². The minimum Gasteiger partial charge on any atom is -0.396 e. The number of aliphatic hydroxyl groups is 2. The molecule has 0 heterocycles. The van der Waals surface area contributed by atoms with Gasteiger partial charge in [0.05, 0.1) is 0 Å². The van der Waals surface area contributed by atoms with E-state index in [-0.39, 0.29) is 25.0 Å². The highest BCUT2D eigenvalue weighted by Crippen LogP contribution is 2.34. The van der Waals surface area contributed by atoms with Crippen molar-refractivity contribution in [2.45, 2.75) is 13.8 Å². The largest absolute Gasteiger partial charge is 0.396 e. The molecule has 0 saturated carbocycles. The summed E-state index contributed by atoms with van der Waals surface area (Å²) in [6, 6.07) is 0. The highest BCUT2D eigenvalue weighted by Gasteiger charge is 2.31. The molecule has 1 rings (SSSR count). The molecule has 0 aromatic heterocycles. The van der Waals surface area contributed by atoms with E-state index in [9.17, 15) is 10.2 Å². The maximum atomic E-state index is 9.33. The Hall–Kier alpha value is -0.600. The summed E-state index contributed by atoms with van der Waals surface area (Å²) in [6.07, 6.45) is 8.33. The number of hydrogen-bond donors (Lipinski definition) is 2. The molecule has 0 aromatic rings. The second kappa shape index (κ2) is 5.32. The molecule has 14 heavy (non-hydrogen) atoms. The first-order chi connectivity index (χ1) is 6.74. The highest BCUT2D eigenvalue weighted by atomic mass is 16.3. The van der Waals surface area contributed by atoms with Crippen molar-refractivity contribution < 1.29 is 10.2 Å². The SMILES string of the molecule is C/C=C/[C@H]1[C@H](CO)[C@H](CO)C=C[C@@H]1C. The van der Waals surface area contributed by atoms with Gasteiger partial charge in [-0.25, -0.2) is 0 Å². The summed E-state index contributed by atoms with van der Waals surface area (Å²) < 4.78 is 0. The zero-order valence-corrected chi connectivity index (χ0v) is 8.93. The fourth-order valence-electron chi connectivity index (χ4n) is 2.26. The Bertz CT molecular complexity index is 220. The van der Waals surface area contributed by atoms with E-state index in [0.717, 1.165) is 0 Å². The number of allylic oxidation sites excluding steroid dienone is 3. The van der Waals surface area contributed by atoms with Crippen LogP contribution in [-0.2, 0) is 0 Å². The Balaban J connectivity index is 2.84. The van der Waals surface area contributed by atoms with Crippen LogP contribution in [0, 0.1) is 23.7 Å². The standard InChI is InChI=1S/C12H20O2/c1-3-4-11-9(2)5-6-10(7-13)12(11)8-14/h3-6,9-14H,7-8H2,1-2H3/b4-3+/t9-,10-,11+,12+/m0/s1. The van der Waals surface area contributed by atoms with Crippen LogP contribution in [0.5, 0.6) is 0 Å². The fourth-order valence-corrected chi connectivity index (χ4v) is 2.26. The second-order valence-corrected chi connectivity index (χ2v) is 4.04. The molecule has 4 atom stereocenters. The van der Waals surface area contributed by atoms with E-state index in [1.165, 1.54) is 0 Å². The van der Waals surface area contributed by atoms with Crippen LogP contribution in [0.25, 0.3) is 0 Å². The minimum atomic E-state index is 0.109. The summed E-state index contributed by atoms with van der Waals surface area (Å²) >= 11 is 0. The van der Waals surface area contributed by atoms with Gasteiger partial charge < -0.3 is 10.2 Å². The van der Waals surface area contributed by atoms with Gasteiger partial charge in [-0.3, -0.25) is 0 Å². The smallest absolute Gasteiger partial charge is 0.0497 e. The molecule has 1 aliphatic rings. The van der Waals surface area contributed by atoms with Crippen molar-refractivity contribution in [3.05, 3.63) is 24.3 Å². The summed E-state index contributed by atoms with van der Waals surface area (Å²) in [5.41, 5.74) is 0. The van der Waals surface area contributed by atoms with Crippen LogP contribution >= 0.6 is 0 Å². The van der Waals surface area contributed by atoms with E-state index >= 15 is 0 Å². The molecule has 2 N–H and O–H groups in total. The Morgan fingerprint density at radius 3 is 2.43 bits per heavy atom.